The molecule has 0 unspecified atom stereocenters. The van der Waals surface area contributed by atoms with Gasteiger partial charge in [-0.15, -0.1) is 0 Å². The number of aliphatic hydroxyl groups is 1. The molecule has 0 spiro atoms. The average molecular weight is 575 g/mol. The second kappa shape index (κ2) is 14.4. The maximum absolute atomic E-state index is 9.18. The van der Waals surface area contributed by atoms with Gasteiger partial charge in [0.15, 0.2) is 0 Å². The van der Waals surface area contributed by atoms with Gasteiger partial charge in [0.05, 0.1) is 22.1 Å². The first-order valence-electron chi connectivity index (χ1n) is 13.2. The first-order valence-corrected chi connectivity index (χ1v) is 14.0. The zero-order chi connectivity index (χ0) is 27.6. The van der Waals surface area contributed by atoms with E-state index in [4.69, 9.17) is 32.9 Å². The zero-order valence-electron chi connectivity index (χ0n) is 22.5. The quantitative estimate of drug-likeness (QED) is 0.147. The summed E-state index contributed by atoms with van der Waals surface area (Å²) in [4.78, 5) is 13.4. The van der Waals surface area contributed by atoms with E-state index in [1.807, 2.05) is 60.9 Å². The number of benzene rings is 2. The van der Waals surface area contributed by atoms with Crippen LogP contribution in [0, 0.1) is 0 Å². The molecule has 0 aliphatic rings. The molecule has 0 aliphatic heterocycles. The minimum Gasteiger partial charge on any atom is -0.396 e. The third kappa shape index (κ3) is 7.54. The van der Waals surface area contributed by atoms with Crippen LogP contribution in [0.1, 0.15) is 19.3 Å². The van der Waals surface area contributed by atoms with E-state index in [0.717, 1.165) is 85.2 Å². The number of anilines is 2. The molecule has 4 aromatic rings. The molecule has 4 rings (SSSR count). The molecule has 0 amide bonds. The van der Waals surface area contributed by atoms with E-state index in [1.54, 1.807) is 23.7 Å². The standard InChI is InChI=1S/C29H35Cl2N5O3/c1-38-35-15-10-26(24-8-6-22(30)20-28(24)35)32-12-17-34(14-4-3-5-19-37)18-13-33-27-11-16-36(39-2)29-21-23(31)7-9-25(27)29/h6-11,15-16,20-21,37H,3-5,12-14,17-19H2,1-2H3/p+2. The highest BCUT2D eigenvalue weighted by atomic mass is 35.5. The van der Waals surface area contributed by atoms with Crippen LogP contribution in [0.4, 0.5) is 11.4 Å². The van der Waals surface area contributed by atoms with Crippen LogP contribution in [0.25, 0.3) is 21.8 Å². The molecular weight excluding hydrogens is 537 g/mol. The van der Waals surface area contributed by atoms with Gasteiger partial charge in [0.2, 0.25) is 12.4 Å². The zero-order valence-corrected chi connectivity index (χ0v) is 24.0. The molecule has 0 atom stereocenters. The van der Waals surface area contributed by atoms with Crippen molar-refractivity contribution in [3.8, 4) is 0 Å². The minimum absolute atomic E-state index is 0.238. The summed E-state index contributed by atoms with van der Waals surface area (Å²) >= 11 is 12.5. The van der Waals surface area contributed by atoms with Gasteiger partial charge < -0.3 is 15.7 Å². The Bertz CT molecular complexity index is 1290. The Kier molecular flexibility index (Phi) is 10.7. The topological polar surface area (TPSA) is 73.8 Å². The van der Waals surface area contributed by atoms with E-state index in [9.17, 15) is 5.11 Å². The summed E-state index contributed by atoms with van der Waals surface area (Å²) in [5.41, 5.74) is 3.89. The molecule has 2 heterocycles. The lowest BCUT2D eigenvalue weighted by Crippen LogP contribution is -2.41. The number of rotatable bonds is 15. The van der Waals surface area contributed by atoms with E-state index in [2.05, 4.69) is 15.5 Å². The van der Waals surface area contributed by atoms with E-state index in [-0.39, 0.29) is 6.61 Å². The maximum Gasteiger partial charge on any atom is 0.268 e. The Morgan fingerprint density at radius 1 is 0.718 bits per heavy atom. The van der Waals surface area contributed by atoms with E-state index in [1.165, 1.54) is 0 Å². The second-order valence-corrected chi connectivity index (χ2v) is 10.2. The third-order valence-electron chi connectivity index (χ3n) is 6.74. The molecule has 10 heteroatoms. The number of pyridine rings is 2. The van der Waals surface area contributed by atoms with Crippen molar-refractivity contribution in [3.63, 3.8) is 0 Å². The third-order valence-corrected chi connectivity index (χ3v) is 7.21. The number of hydrogen-bond donors (Lipinski definition) is 3. The fourth-order valence-corrected chi connectivity index (χ4v) is 5.07. The lowest BCUT2D eigenvalue weighted by molar-refractivity contribution is -0.865. The van der Waals surface area contributed by atoms with Crippen LogP contribution in [-0.2, 0) is 0 Å². The predicted molar refractivity (Wildman–Crippen MR) is 158 cm³/mol. The molecular formula is C29H37Cl2N5O3+2. The summed E-state index contributed by atoms with van der Waals surface area (Å²) in [6.45, 7) is 4.54. The lowest BCUT2D eigenvalue weighted by Gasteiger charge is -2.23. The van der Waals surface area contributed by atoms with Crippen LogP contribution in [0.15, 0.2) is 60.9 Å². The normalized spacial score (nSPS) is 11.3. The number of aliphatic hydroxyl groups excluding tert-OH is 1. The van der Waals surface area contributed by atoms with Crippen LogP contribution >= 0.6 is 23.2 Å². The fourth-order valence-electron chi connectivity index (χ4n) is 4.74. The first-order chi connectivity index (χ1) is 19.0. The van der Waals surface area contributed by atoms with E-state index in [0.29, 0.717) is 10.0 Å². The van der Waals surface area contributed by atoms with Crippen LogP contribution in [0.5, 0.6) is 0 Å². The van der Waals surface area contributed by atoms with Crippen molar-refractivity contribution in [2.75, 3.05) is 64.2 Å². The van der Waals surface area contributed by atoms with Crippen LogP contribution in [-0.4, -0.2) is 63.6 Å². The predicted octanol–water partition coefficient (Wildman–Crippen LogP) is 3.98. The molecule has 208 valence electrons. The van der Waals surface area contributed by atoms with Gasteiger partial charge in [-0.05, 0) is 50.1 Å². The van der Waals surface area contributed by atoms with Crippen molar-refractivity contribution in [3.05, 3.63) is 71.0 Å². The van der Waals surface area contributed by atoms with Gasteiger partial charge in [-0.25, -0.2) is 0 Å². The Morgan fingerprint density at radius 2 is 1.23 bits per heavy atom. The van der Waals surface area contributed by atoms with Gasteiger partial charge in [-0.3, -0.25) is 14.6 Å². The summed E-state index contributed by atoms with van der Waals surface area (Å²) in [6.07, 6.45) is 6.67. The van der Waals surface area contributed by atoms with Gasteiger partial charge in [0.1, 0.15) is 14.2 Å². The smallest absolute Gasteiger partial charge is 0.268 e. The summed E-state index contributed by atoms with van der Waals surface area (Å²) in [5, 5.41) is 19.8. The van der Waals surface area contributed by atoms with E-state index >= 15 is 0 Å². The van der Waals surface area contributed by atoms with Gasteiger partial charge in [-0.2, -0.15) is 0 Å². The van der Waals surface area contributed by atoms with Crippen molar-refractivity contribution < 1.29 is 24.2 Å². The number of halogens is 2. The number of unbranched alkanes of at least 4 members (excludes halogenated alkanes) is 2. The summed E-state index contributed by atoms with van der Waals surface area (Å²) in [6, 6.07) is 15.7. The lowest BCUT2D eigenvalue weighted by atomic mass is 10.2. The number of fused-ring (bicyclic) bond motifs is 2. The number of aromatic nitrogens is 2. The largest absolute Gasteiger partial charge is 0.396 e. The van der Waals surface area contributed by atoms with Crippen LogP contribution in [0.2, 0.25) is 10.0 Å². The van der Waals surface area contributed by atoms with Gasteiger partial charge in [0, 0.05) is 76.6 Å². The molecule has 8 nitrogen and oxygen atoms in total. The van der Waals surface area contributed by atoms with Gasteiger partial charge in [0.25, 0.3) is 11.0 Å². The molecule has 0 aliphatic carbocycles. The highest BCUT2D eigenvalue weighted by Crippen LogP contribution is 2.24. The summed E-state index contributed by atoms with van der Waals surface area (Å²) in [5.74, 6) is 0. The molecule has 2 aromatic heterocycles. The first kappa shape index (κ1) is 29.0. The van der Waals surface area contributed by atoms with Gasteiger partial charge in [-0.1, -0.05) is 23.2 Å². The van der Waals surface area contributed by atoms with Gasteiger partial charge >= 0.3 is 0 Å². The monoisotopic (exact) mass is 573 g/mol. The van der Waals surface area contributed by atoms with Crippen molar-refractivity contribution in [2.45, 2.75) is 19.3 Å². The summed E-state index contributed by atoms with van der Waals surface area (Å²) < 4.78 is 3.42. The Labute approximate surface area is 239 Å². The molecule has 0 saturated carbocycles. The van der Waals surface area contributed by atoms with E-state index < -0.39 is 0 Å². The molecule has 0 saturated heterocycles. The Morgan fingerprint density at radius 3 is 1.69 bits per heavy atom. The highest BCUT2D eigenvalue weighted by molar-refractivity contribution is 6.31. The second-order valence-electron chi connectivity index (χ2n) is 9.28. The minimum atomic E-state index is 0.238. The van der Waals surface area contributed by atoms with Crippen molar-refractivity contribution in [2.24, 2.45) is 0 Å². The molecule has 0 bridgehead atoms. The highest BCUT2D eigenvalue weighted by Gasteiger charge is 2.16. The Hall–Kier alpha value is -3.04. The molecule has 39 heavy (non-hydrogen) atoms. The van der Waals surface area contributed by atoms with Crippen LogP contribution in [0.3, 0.4) is 0 Å². The average Bonchev–Trinajstić information content (AvgIpc) is 2.94. The van der Waals surface area contributed by atoms with Crippen molar-refractivity contribution in [1.29, 1.82) is 0 Å². The Balaban J connectivity index is 1.40. The fraction of sp³-hybridized carbons (Fsp3) is 0.379. The molecule has 0 fully saturated rings. The molecule has 2 aromatic carbocycles. The number of hydrogen-bond acceptors (Lipinski definition) is 6. The molecule has 0 radical (unpaired) electrons. The van der Waals surface area contributed by atoms with Crippen molar-refractivity contribution >= 4 is 56.4 Å². The van der Waals surface area contributed by atoms with Crippen molar-refractivity contribution in [1.82, 2.24) is 4.90 Å². The molecule has 3 N–H and O–H groups in total. The van der Waals surface area contributed by atoms with Crippen LogP contribution < -0.4 is 29.8 Å². The number of nitrogens with one attached hydrogen (secondary N) is 2. The summed E-state index contributed by atoms with van der Waals surface area (Å²) in [7, 11) is 3.28. The maximum atomic E-state index is 9.18. The number of nitrogens with zero attached hydrogens (tertiary/aromatic N) is 3. The SMILES string of the molecule is CO[n+]1ccc(NCCN(CCCCCO)CCNc2cc[n+](OC)c3cc(Cl)ccc23)c2ccc(Cl)cc21.